The van der Waals surface area contributed by atoms with Gasteiger partial charge >= 0.3 is 12.4 Å². The van der Waals surface area contributed by atoms with Crippen LogP contribution in [0.15, 0.2) is 48.0 Å². The van der Waals surface area contributed by atoms with Gasteiger partial charge in [0, 0.05) is 24.6 Å². The third-order valence-electron chi connectivity index (χ3n) is 9.39. The number of halogens is 8. The topological polar surface area (TPSA) is 104 Å². The first kappa shape index (κ1) is 32.2. The molecule has 0 spiro atoms. The van der Waals surface area contributed by atoms with Gasteiger partial charge in [-0.15, -0.1) is 23.2 Å². The summed E-state index contributed by atoms with van der Waals surface area (Å²) >= 11 is 14.0. The van der Waals surface area contributed by atoms with Crippen LogP contribution in [0.25, 0.3) is 0 Å². The number of hydrogen-bond acceptors (Lipinski definition) is 6. The van der Waals surface area contributed by atoms with E-state index in [1.54, 1.807) is 0 Å². The smallest absolute Gasteiger partial charge is 0.416 e. The van der Waals surface area contributed by atoms with Crippen LogP contribution in [0.4, 0.5) is 32.0 Å². The number of rotatable bonds is 3. The Kier molecular flexibility index (Phi) is 7.07. The SMILES string of the molecule is COc1ccc(C2C3=CCC4C(=O)N(c5cc(C(F)(F)F)cc(C(F)(F)F)c5)C(=O)C4C3CC3(Cl)C(=O)N(C)C(=O)C23Cl)c(O)c1. The molecule has 1 saturated carbocycles. The van der Waals surface area contributed by atoms with Crippen molar-refractivity contribution in [2.75, 3.05) is 19.1 Å². The minimum atomic E-state index is -5.24. The number of alkyl halides is 8. The van der Waals surface area contributed by atoms with Crippen LogP contribution in [0.2, 0.25) is 0 Å². The standard InChI is InChI=1S/C30H22Cl2F6N2O6/c1-39-25(44)27(31)11-19-16(22(28(27,32)26(39)45)17-4-3-15(46-2)10-20(17)41)5-6-18-21(19)24(43)40(23(18)42)14-8-12(29(33,34)35)7-13(9-14)30(36,37)38/h3-5,7-10,18-19,21-22,41H,6,11H2,1-2H3. The van der Waals surface area contributed by atoms with Crippen LogP contribution in [0.3, 0.4) is 0 Å². The summed E-state index contributed by atoms with van der Waals surface area (Å²) in [5.74, 6) is -9.27. The average Bonchev–Trinajstić information content (AvgIpc) is 3.31. The number of fused-ring (bicyclic) bond motifs is 4. The Balaban J connectivity index is 1.51. The molecule has 0 bridgehead atoms. The number of benzene rings is 2. The number of anilines is 1. The van der Waals surface area contributed by atoms with Crippen molar-refractivity contribution < 1.29 is 55.4 Å². The van der Waals surface area contributed by atoms with E-state index in [0.717, 1.165) is 11.9 Å². The minimum Gasteiger partial charge on any atom is -0.508 e. The summed E-state index contributed by atoms with van der Waals surface area (Å²) in [5.41, 5.74) is -4.07. The van der Waals surface area contributed by atoms with Crippen molar-refractivity contribution in [3.05, 3.63) is 64.7 Å². The van der Waals surface area contributed by atoms with Gasteiger partial charge in [0.15, 0.2) is 9.75 Å². The molecule has 6 rings (SSSR count). The number of allylic oxidation sites excluding steroid dienone is 2. The molecule has 1 N–H and O–H groups in total. The molecule has 2 aliphatic carbocycles. The van der Waals surface area contributed by atoms with E-state index < -0.39 is 98.4 Å². The number of phenolic OH excluding ortho intramolecular Hbond substituents is 1. The molecule has 8 nitrogen and oxygen atoms in total. The Bertz CT molecular complexity index is 1730. The molecule has 2 heterocycles. The molecule has 2 saturated heterocycles. The normalized spacial score (nSPS) is 31.1. The van der Waals surface area contributed by atoms with Crippen LogP contribution in [0.1, 0.15) is 35.4 Å². The minimum absolute atomic E-state index is 0.0352. The summed E-state index contributed by atoms with van der Waals surface area (Å²) in [7, 11) is 2.49. The number of likely N-dealkylation sites (tertiary alicyclic amines) is 1. The lowest BCUT2D eigenvalue weighted by atomic mass is 9.56. The number of amides is 4. The molecule has 6 unspecified atom stereocenters. The molecule has 4 amide bonds. The Hall–Kier alpha value is -3.78. The molecule has 0 radical (unpaired) electrons. The largest absolute Gasteiger partial charge is 0.508 e. The second-order valence-corrected chi connectivity index (χ2v) is 12.9. The summed E-state index contributed by atoms with van der Waals surface area (Å²) in [6.07, 6.45) is -9.67. The van der Waals surface area contributed by atoms with Gasteiger partial charge in [0.2, 0.25) is 11.8 Å². The highest BCUT2D eigenvalue weighted by molar-refractivity contribution is 6.53. The monoisotopic (exact) mass is 690 g/mol. The van der Waals surface area contributed by atoms with E-state index in [2.05, 4.69) is 0 Å². The first-order chi connectivity index (χ1) is 21.3. The summed E-state index contributed by atoms with van der Waals surface area (Å²) in [6.45, 7) is 0. The van der Waals surface area contributed by atoms with Gasteiger partial charge in [0.25, 0.3) is 11.8 Å². The van der Waals surface area contributed by atoms with Crippen LogP contribution in [-0.4, -0.2) is 57.5 Å². The molecule has 2 aliphatic heterocycles. The predicted molar refractivity (Wildman–Crippen MR) is 149 cm³/mol. The maximum absolute atomic E-state index is 14.0. The predicted octanol–water partition coefficient (Wildman–Crippen LogP) is 5.63. The third kappa shape index (κ3) is 4.28. The van der Waals surface area contributed by atoms with Crippen molar-refractivity contribution in [2.24, 2.45) is 17.8 Å². The lowest BCUT2D eigenvalue weighted by molar-refractivity contribution is -0.143. The van der Waals surface area contributed by atoms with Crippen molar-refractivity contribution in [3.8, 4) is 11.5 Å². The van der Waals surface area contributed by atoms with E-state index in [4.69, 9.17) is 27.9 Å². The first-order valence-electron chi connectivity index (χ1n) is 13.7. The van der Waals surface area contributed by atoms with Crippen LogP contribution < -0.4 is 9.64 Å². The van der Waals surface area contributed by atoms with Gasteiger partial charge in [-0.2, -0.15) is 26.3 Å². The van der Waals surface area contributed by atoms with Crippen molar-refractivity contribution >= 4 is 52.5 Å². The third-order valence-corrected chi connectivity index (χ3v) is 10.8. The van der Waals surface area contributed by atoms with Crippen molar-refractivity contribution in [3.63, 3.8) is 0 Å². The van der Waals surface area contributed by atoms with E-state index in [1.165, 1.54) is 31.4 Å². The van der Waals surface area contributed by atoms with Gasteiger partial charge in [0.05, 0.1) is 35.8 Å². The number of aromatic hydroxyl groups is 1. The van der Waals surface area contributed by atoms with Gasteiger partial charge in [-0.05, 0) is 43.0 Å². The molecule has 2 aromatic rings. The highest BCUT2D eigenvalue weighted by Crippen LogP contribution is 2.66. The Morgan fingerprint density at radius 3 is 2.04 bits per heavy atom. The fourth-order valence-electron chi connectivity index (χ4n) is 7.31. The number of phenols is 1. The number of hydrogen-bond donors (Lipinski definition) is 1. The van der Waals surface area contributed by atoms with Gasteiger partial charge in [0.1, 0.15) is 11.5 Å². The molecular formula is C30H22Cl2F6N2O6. The van der Waals surface area contributed by atoms with E-state index in [0.29, 0.717) is 4.90 Å². The number of ether oxygens (including phenoxy) is 1. The van der Waals surface area contributed by atoms with Crippen molar-refractivity contribution in [1.82, 2.24) is 4.90 Å². The van der Waals surface area contributed by atoms with Crippen LogP contribution in [0, 0.1) is 17.8 Å². The second kappa shape index (κ2) is 10.1. The van der Waals surface area contributed by atoms with Crippen molar-refractivity contribution in [1.29, 1.82) is 0 Å². The maximum Gasteiger partial charge on any atom is 0.416 e. The lowest BCUT2D eigenvalue weighted by Crippen LogP contribution is -2.60. The number of carbonyl (C=O) groups excluding carboxylic acids is 4. The molecule has 46 heavy (non-hydrogen) atoms. The molecular weight excluding hydrogens is 669 g/mol. The Morgan fingerprint density at radius 2 is 1.50 bits per heavy atom. The molecule has 0 aromatic heterocycles. The lowest BCUT2D eigenvalue weighted by Gasteiger charge is -2.50. The second-order valence-electron chi connectivity index (χ2n) is 11.7. The number of imide groups is 2. The van der Waals surface area contributed by atoms with E-state index in [9.17, 15) is 50.6 Å². The number of carbonyl (C=O) groups is 4. The number of methoxy groups -OCH3 is 1. The fraction of sp³-hybridized carbons (Fsp3) is 0.400. The van der Waals surface area contributed by atoms with Crippen LogP contribution >= 0.6 is 23.2 Å². The molecule has 4 aliphatic rings. The first-order valence-corrected chi connectivity index (χ1v) is 14.5. The zero-order chi connectivity index (χ0) is 33.9. The zero-order valence-corrected chi connectivity index (χ0v) is 25.2. The summed E-state index contributed by atoms with van der Waals surface area (Å²) in [4.78, 5) is 51.4. The molecule has 16 heteroatoms. The Morgan fingerprint density at radius 1 is 0.891 bits per heavy atom. The fourth-order valence-corrected chi connectivity index (χ4v) is 8.32. The van der Waals surface area contributed by atoms with E-state index >= 15 is 0 Å². The maximum atomic E-state index is 14.0. The summed E-state index contributed by atoms with van der Waals surface area (Å²) in [6, 6.07) is 4.52. The molecule has 2 aromatic carbocycles. The quantitative estimate of drug-likeness (QED) is 0.194. The van der Waals surface area contributed by atoms with E-state index in [1.807, 2.05) is 0 Å². The Labute approximate surface area is 266 Å². The van der Waals surface area contributed by atoms with Crippen LogP contribution in [0.5, 0.6) is 11.5 Å². The van der Waals surface area contributed by atoms with E-state index in [-0.39, 0.29) is 41.5 Å². The summed E-state index contributed by atoms with van der Waals surface area (Å²) < 4.78 is 87.0. The van der Waals surface area contributed by atoms with Gasteiger partial charge in [-0.25, -0.2) is 4.90 Å². The highest BCUT2D eigenvalue weighted by Gasteiger charge is 2.76. The van der Waals surface area contributed by atoms with Gasteiger partial charge in [-0.3, -0.25) is 24.1 Å². The zero-order valence-electron chi connectivity index (χ0n) is 23.7. The number of nitrogens with zero attached hydrogens (tertiary/aromatic N) is 2. The molecule has 3 fully saturated rings. The summed E-state index contributed by atoms with van der Waals surface area (Å²) in [5, 5.41) is 11.0. The average molecular weight is 691 g/mol. The molecule has 6 atom stereocenters. The van der Waals surface area contributed by atoms with Gasteiger partial charge in [-0.1, -0.05) is 17.7 Å². The highest BCUT2D eigenvalue weighted by atomic mass is 35.5. The molecule has 244 valence electrons. The van der Waals surface area contributed by atoms with Crippen molar-refractivity contribution in [2.45, 2.75) is 40.9 Å². The van der Waals surface area contributed by atoms with Crippen LogP contribution in [-0.2, 0) is 31.5 Å². The van der Waals surface area contributed by atoms with Gasteiger partial charge < -0.3 is 9.84 Å².